The fourth-order valence-corrected chi connectivity index (χ4v) is 7.95. The second kappa shape index (κ2) is 10.5. The first-order chi connectivity index (χ1) is 23.6. The van der Waals surface area contributed by atoms with E-state index >= 15 is 0 Å². The van der Waals surface area contributed by atoms with Gasteiger partial charge in [0.2, 0.25) is 0 Å². The molecule has 9 rings (SSSR count). The Hall–Kier alpha value is -5.40. The smallest absolute Gasteiger partial charge is 0.0541 e. The third-order valence-electron chi connectivity index (χ3n) is 10.7. The molecule has 9 aromatic rings. The number of fused-ring (bicyclic) bond motifs is 10. The fourth-order valence-electron chi connectivity index (χ4n) is 7.95. The van der Waals surface area contributed by atoms with Crippen molar-refractivity contribution in [3.8, 4) is 16.8 Å². The molecule has 1 heterocycles. The van der Waals surface area contributed by atoms with Crippen LogP contribution in [-0.2, 0) is 10.8 Å². The second-order valence-electron chi connectivity index (χ2n) is 15.9. The minimum atomic E-state index is 0.0784. The summed E-state index contributed by atoms with van der Waals surface area (Å²) >= 11 is 0. The van der Waals surface area contributed by atoms with Crippen molar-refractivity contribution < 1.29 is 0 Å². The zero-order chi connectivity index (χ0) is 33.7. The Morgan fingerprint density at radius 1 is 0.367 bits per heavy atom. The third-order valence-corrected chi connectivity index (χ3v) is 10.7. The van der Waals surface area contributed by atoms with E-state index in [1.54, 1.807) is 0 Å². The monoisotopic (exact) mass is 631 g/mol. The molecule has 0 unspecified atom stereocenters. The highest BCUT2D eigenvalue weighted by molar-refractivity contribution is 6.27. The molecule has 0 fully saturated rings. The molecule has 0 aliphatic heterocycles. The predicted octanol–water partition coefficient (Wildman–Crippen LogP) is 13.7. The van der Waals surface area contributed by atoms with E-state index in [9.17, 15) is 0 Å². The molecule has 0 saturated carbocycles. The minimum absolute atomic E-state index is 0.0784. The number of hydrogen-bond donors (Lipinski definition) is 0. The van der Waals surface area contributed by atoms with Gasteiger partial charge in [-0.25, -0.2) is 0 Å². The van der Waals surface area contributed by atoms with E-state index in [0.717, 1.165) is 0 Å². The van der Waals surface area contributed by atoms with Crippen molar-refractivity contribution in [1.29, 1.82) is 0 Å². The summed E-state index contributed by atoms with van der Waals surface area (Å²) in [6.45, 7) is 13.8. The van der Waals surface area contributed by atoms with Crippen LogP contribution in [0, 0.1) is 0 Å². The second-order valence-corrected chi connectivity index (χ2v) is 15.9. The van der Waals surface area contributed by atoms with Crippen molar-refractivity contribution in [1.82, 2.24) is 4.57 Å². The molecule has 0 N–H and O–H groups in total. The highest BCUT2D eigenvalue weighted by Gasteiger charge is 2.21. The van der Waals surface area contributed by atoms with E-state index in [1.165, 1.54) is 92.8 Å². The van der Waals surface area contributed by atoms with Crippen LogP contribution in [0.25, 0.3) is 81.7 Å². The first-order valence-electron chi connectivity index (χ1n) is 17.5. The molecule has 1 nitrogen and oxygen atoms in total. The van der Waals surface area contributed by atoms with Gasteiger partial charge in [-0.15, -0.1) is 0 Å². The Morgan fingerprint density at radius 2 is 0.857 bits per heavy atom. The van der Waals surface area contributed by atoms with Gasteiger partial charge in [0.25, 0.3) is 0 Å². The lowest BCUT2D eigenvalue weighted by Gasteiger charge is -2.19. The summed E-state index contributed by atoms with van der Waals surface area (Å²) in [7, 11) is 0. The van der Waals surface area contributed by atoms with Gasteiger partial charge in [0.05, 0.1) is 11.0 Å². The Kier molecular flexibility index (Phi) is 6.40. The van der Waals surface area contributed by atoms with Crippen LogP contribution in [-0.4, -0.2) is 4.57 Å². The van der Waals surface area contributed by atoms with Crippen molar-refractivity contribution >= 4 is 64.9 Å². The number of hydrogen-bond acceptors (Lipinski definition) is 0. The summed E-state index contributed by atoms with van der Waals surface area (Å²) in [5.74, 6) is 0. The molecule has 0 amide bonds. The molecule has 0 aliphatic rings. The summed E-state index contributed by atoms with van der Waals surface area (Å²) in [5.41, 5.74) is 9.04. The Morgan fingerprint density at radius 3 is 1.37 bits per heavy atom. The van der Waals surface area contributed by atoms with Crippen LogP contribution in [0.2, 0.25) is 0 Å². The average molecular weight is 632 g/mol. The Labute approximate surface area is 288 Å². The van der Waals surface area contributed by atoms with Crippen LogP contribution in [0.1, 0.15) is 52.7 Å². The highest BCUT2D eigenvalue weighted by atomic mass is 15.0. The summed E-state index contributed by atoms with van der Waals surface area (Å²) in [5, 5.41) is 13.0. The van der Waals surface area contributed by atoms with E-state index in [4.69, 9.17) is 0 Å². The van der Waals surface area contributed by atoms with Gasteiger partial charge in [-0.3, -0.25) is 0 Å². The molecule has 1 aromatic heterocycles. The van der Waals surface area contributed by atoms with Crippen LogP contribution in [0.3, 0.4) is 0 Å². The fraction of sp³-hybridized carbons (Fsp3) is 0.167. The quantitative estimate of drug-likeness (QED) is 0.132. The summed E-state index contributed by atoms with van der Waals surface area (Å²) < 4.78 is 2.45. The molecule has 1 heteroatoms. The van der Waals surface area contributed by atoms with Gasteiger partial charge in [-0.05, 0) is 125 Å². The lowest BCUT2D eigenvalue weighted by atomic mass is 9.85. The van der Waals surface area contributed by atoms with Crippen LogP contribution >= 0.6 is 0 Å². The lowest BCUT2D eigenvalue weighted by molar-refractivity contribution is 0.590. The number of nitrogens with zero attached hydrogens (tertiary/aromatic N) is 1. The maximum absolute atomic E-state index is 2.45. The molecule has 0 radical (unpaired) electrons. The molecule has 0 spiro atoms. The van der Waals surface area contributed by atoms with Gasteiger partial charge in [-0.2, -0.15) is 0 Å². The minimum Gasteiger partial charge on any atom is -0.309 e. The van der Waals surface area contributed by atoms with Gasteiger partial charge in [-0.1, -0.05) is 133 Å². The van der Waals surface area contributed by atoms with E-state index in [0.29, 0.717) is 0 Å². The maximum Gasteiger partial charge on any atom is 0.0541 e. The summed E-state index contributed by atoms with van der Waals surface area (Å²) in [4.78, 5) is 0. The molecule has 238 valence electrons. The van der Waals surface area contributed by atoms with Crippen molar-refractivity contribution in [3.05, 3.63) is 151 Å². The van der Waals surface area contributed by atoms with Crippen LogP contribution in [0.4, 0.5) is 0 Å². The normalized spacial score (nSPS) is 12.7. The third kappa shape index (κ3) is 4.67. The SMILES string of the molecule is CC(C)(C)c1ccc2c(c1)c1cc(C(C)(C)C)ccc1n2-c1ccc(-c2cccc3cc4c5ccccc5c5ccccc5c4cc23)cc1. The van der Waals surface area contributed by atoms with E-state index in [1.807, 2.05) is 0 Å². The molecule has 0 bridgehead atoms. The predicted molar refractivity (Wildman–Crippen MR) is 214 cm³/mol. The molecule has 0 aliphatic carbocycles. The number of aromatic nitrogens is 1. The number of benzene rings is 8. The summed E-state index contributed by atoms with van der Waals surface area (Å²) in [6, 6.07) is 52.5. The molecular formula is C48H41N. The highest BCUT2D eigenvalue weighted by Crippen LogP contribution is 2.41. The van der Waals surface area contributed by atoms with E-state index < -0.39 is 0 Å². The van der Waals surface area contributed by atoms with Crippen molar-refractivity contribution in [2.45, 2.75) is 52.4 Å². The zero-order valence-corrected chi connectivity index (χ0v) is 29.2. The number of rotatable bonds is 2. The van der Waals surface area contributed by atoms with Crippen molar-refractivity contribution in [3.63, 3.8) is 0 Å². The van der Waals surface area contributed by atoms with Gasteiger partial charge >= 0.3 is 0 Å². The summed E-state index contributed by atoms with van der Waals surface area (Å²) in [6.07, 6.45) is 0. The molecule has 8 aromatic carbocycles. The van der Waals surface area contributed by atoms with Gasteiger partial charge in [0, 0.05) is 16.5 Å². The van der Waals surface area contributed by atoms with Crippen LogP contribution in [0.15, 0.2) is 140 Å². The molecule has 49 heavy (non-hydrogen) atoms. The largest absolute Gasteiger partial charge is 0.309 e. The molecular weight excluding hydrogens is 591 g/mol. The average Bonchev–Trinajstić information content (AvgIpc) is 3.43. The molecule has 0 atom stereocenters. The Bertz CT molecular complexity index is 2690. The zero-order valence-electron chi connectivity index (χ0n) is 29.2. The van der Waals surface area contributed by atoms with E-state index in [-0.39, 0.29) is 10.8 Å². The topological polar surface area (TPSA) is 4.93 Å². The maximum atomic E-state index is 2.45. The Balaban J connectivity index is 1.23. The lowest BCUT2D eigenvalue weighted by Crippen LogP contribution is -2.10. The van der Waals surface area contributed by atoms with Crippen molar-refractivity contribution in [2.75, 3.05) is 0 Å². The van der Waals surface area contributed by atoms with Crippen LogP contribution < -0.4 is 0 Å². The van der Waals surface area contributed by atoms with Crippen molar-refractivity contribution in [2.24, 2.45) is 0 Å². The molecule has 0 saturated heterocycles. The first kappa shape index (κ1) is 29.7. The van der Waals surface area contributed by atoms with Gasteiger partial charge in [0.1, 0.15) is 0 Å². The first-order valence-corrected chi connectivity index (χ1v) is 17.5. The van der Waals surface area contributed by atoms with Gasteiger partial charge in [0.15, 0.2) is 0 Å². The van der Waals surface area contributed by atoms with Gasteiger partial charge < -0.3 is 4.57 Å². The van der Waals surface area contributed by atoms with E-state index in [2.05, 4.69) is 186 Å². The van der Waals surface area contributed by atoms with Crippen LogP contribution in [0.5, 0.6) is 0 Å². The standard InChI is InChI=1S/C48H41N/c1-47(2,3)32-20-24-45-43(27-32)44-28-33(48(4,5)6)21-25-46(44)49(45)34-22-18-30(19-23-34)35-17-11-12-31-26-41-38-15-9-7-13-36(38)37-14-8-10-16-39(37)42(41)29-40(31)35/h7-29H,1-6H3.